The molecule has 94 valence electrons. The highest BCUT2D eigenvalue weighted by atomic mass is 19.1. The van der Waals surface area contributed by atoms with E-state index in [2.05, 4.69) is 20.8 Å². The van der Waals surface area contributed by atoms with Gasteiger partial charge in [0.15, 0.2) is 5.82 Å². The van der Waals surface area contributed by atoms with Gasteiger partial charge < -0.3 is 5.32 Å². The standard InChI is InChI=1S/C12H13FN4O/c1-7-8(2)16-17-11(7)15-12(18)14-10-6-4-3-5-9(10)13/h3-6H,1-2H3,(H3,14,15,16,17,18). The maximum atomic E-state index is 13.3. The molecule has 0 fully saturated rings. The predicted molar refractivity (Wildman–Crippen MR) is 67.1 cm³/mol. The molecule has 1 heterocycles. The quantitative estimate of drug-likeness (QED) is 0.764. The number of aromatic nitrogens is 2. The van der Waals surface area contributed by atoms with Gasteiger partial charge in [-0.25, -0.2) is 9.18 Å². The van der Waals surface area contributed by atoms with E-state index in [1.165, 1.54) is 12.1 Å². The first-order valence-corrected chi connectivity index (χ1v) is 5.42. The van der Waals surface area contributed by atoms with Crippen LogP contribution >= 0.6 is 0 Å². The molecule has 0 atom stereocenters. The molecule has 0 aliphatic rings. The number of nitrogens with one attached hydrogen (secondary N) is 3. The second-order valence-corrected chi connectivity index (χ2v) is 3.88. The molecule has 2 aromatic rings. The van der Waals surface area contributed by atoms with E-state index in [0.29, 0.717) is 5.82 Å². The summed E-state index contributed by atoms with van der Waals surface area (Å²) in [6.07, 6.45) is 0. The van der Waals surface area contributed by atoms with E-state index in [0.717, 1.165) is 11.3 Å². The fourth-order valence-corrected chi connectivity index (χ4v) is 1.43. The van der Waals surface area contributed by atoms with E-state index in [-0.39, 0.29) is 5.69 Å². The summed E-state index contributed by atoms with van der Waals surface area (Å²) in [6.45, 7) is 3.68. The van der Waals surface area contributed by atoms with Gasteiger partial charge in [-0.15, -0.1) is 0 Å². The molecule has 3 N–H and O–H groups in total. The van der Waals surface area contributed by atoms with Gasteiger partial charge >= 0.3 is 6.03 Å². The number of anilines is 2. The van der Waals surface area contributed by atoms with Crippen molar-refractivity contribution in [3.8, 4) is 0 Å². The number of H-pyrrole nitrogens is 1. The molecule has 0 bridgehead atoms. The number of para-hydroxylation sites is 1. The van der Waals surface area contributed by atoms with Crippen molar-refractivity contribution in [2.75, 3.05) is 10.6 Å². The van der Waals surface area contributed by atoms with Gasteiger partial charge in [-0.3, -0.25) is 10.4 Å². The fraction of sp³-hybridized carbons (Fsp3) is 0.167. The first-order chi connectivity index (χ1) is 8.58. The molecule has 1 aromatic heterocycles. The van der Waals surface area contributed by atoms with Crippen molar-refractivity contribution in [2.24, 2.45) is 0 Å². The minimum atomic E-state index is -0.533. The molecule has 0 aliphatic heterocycles. The average Bonchev–Trinajstić information content (AvgIpc) is 2.64. The number of nitrogens with zero attached hydrogens (tertiary/aromatic N) is 1. The number of urea groups is 1. The Bertz CT molecular complexity index is 579. The summed E-state index contributed by atoms with van der Waals surface area (Å²) in [5, 5.41) is 11.6. The fourth-order valence-electron chi connectivity index (χ4n) is 1.43. The third-order valence-electron chi connectivity index (χ3n) is 2.61. The lowest BCUT2D eigenvalue weighted by molar-refractivity contribution is 0.262. The van der Waals surface area contributed by atoms with Crippen molar-refractivity contribution in [1.82, 2.24) is 10.2 Å². The SMILES string of the molecule is Cc1[nH]nc(NC(=O)Nc2ccccc2F)c1C. The molecule has 0 saturated carbocycles. The number of aryl methyl sites for hydroxylation is 1. The van der Waals surface area contributed by atoms with Crippen LogP contribution in [-0.2, 0) is 0 Å². The molecule has 0 spiro atoms. The molecule has 0 saturated heterocycles. The lowest BCUT2D eigenvalue weighted by Crippen LogP contribution is -2.20. The van der Waals surface area contributed by atoms with Gasteiger partial charge in [0.2, 0.25) is 0 Å². The molecule has 2 amide bonds. The van der Waals surface area contributed by atoms with Crippen molar-refractivity contribution < 1.29 is 9.18 Å². The summed E-state index contributed by atoms with van der Waals surface area (Å²) in [5.41, 5.74) is 1.84. The number of hydrogen-bond acceptors (Lipinski definition) is 2. The van der Waals surface area contributed by atoms with Crippen LogP contribution in [0, 0.1) is 19.7 Å². The van der Waals surface area contributed by atoms with Crippen LogP contribution in [0.3, 0.4) is 0 Å². The number of rotatable bonds is 2. The Kier molecular flexibility index (Phi) is 3.27. The van der Waals surface area contributed by atoms with E-state index >= 15 is 0 Å². The zero-order valence-corrected chi connectivity index (χ0v) is 10.0. The van der Waals surface area contributed by atoms with E-state index in [9.17, 15) is 9.18 Å². The Hall–Kier alpha value is -2.37. The molecular formula is C12H13FN4O. The molecular weight excluding hydrogens is 235 g/mol. The van der Waals surface area contributed by atoms with Gasteiger partial charge in [0.25, 0.3) is 0 Å². The Morgan fingerprint density at radius 1 is 1.28 bits per heavy atom. The number of carbonyl (C=O) groups is 1. The number of halogens is 1. The molecule has 5 nitrogen and oxygen atoms in total. The zero-order chi connectivity index (χ0) is 13.1. The molecule has 18 heavy (non-hydrogen) atoms. The van der Waals surface area contributed by atoms with Gasteiger partial charge in [0, 0.05) is 11.3 Å². The van der Waals surface area contributed by atoms with Crippen molar-refractivity contribution >= 4 is 17.5 Å². The van der Waals surface area contributed by atoms with Crippen LogP contribution in [0.2, 0.25) is 0 Å². The van der Waals surface area contributed by atoms with Gasteiger partial charge in [0.05, 0.1) is 5.69 Å². The smallest absolute Gasteiger partial charge is 0.305 e. The van der Waals surface area contributed by atoms with Crippen LogP contribution in [-0.4, -0.2) is 16.2 Å². The highest BCUT2D eigenvalue weighted by Gasteiger charge is 2.10. The molecule has 2 rings (SSSR count). The minimum absolute atomic E-state index is 0.125. The van der Waals surface area contributed by atoms with Gasteiger partial charge in [-0.2, -0.15) is 5.10 Å². The van der Waals surface area contributed by atoms with E-state index in [1.807, 2.05) is 13.8 Å². The number of carbonyl (C=O) groups excluding carboxylic acids is 1. The van der Waals surface area contributed by atoms with E-state index in [1.54, 1.807) is 12.1 Å². The van der Waals surface area contributed by atoms with Crippen molar-refractivity contribution in [1.29, 1.82) is 0 Å². The zero-order valence-electron chi connectivity index (χ0n) is 10.0. The van der Waals surface area contributed by atoms with Crippen LogP contribution in [0.5, 0.6) is 0 Å². The van der Waals surface area contributed by atoms with E-state index in [4.69, 9.17) is 0 Å². The molecule has 0 unspecified atom stereocenters. The van der Waals surface area contributed by atoms with Gasteiger partial charge in [-0.05, 0) is 26.0 Å². The number of amides is 2. The average molecular weight is 248 g/mol. The van der Waals surface area contributed by atoms with Crippen LogP contribution in [0.25, 0.3) is 0 Å². The van der Waals surface area contributed by atoms with Crippen LogP contribution in [0.4, 0.5) is 20.7 Å². The topological polar surface area (TPSA) is 69.8 Å². The van der Waals surface area contributed by atoms with Crippen LogP contribution in [0.1, 0.15) is 11.3 Å². The largest absolute Gasteiger partial charge is 0.324 e. The lowest BCUT2D eigenvalue weighted by Gasteiger charge is -2.06. The van der Waals surface area contributed by atoms with Gasteiger partial charge in [0.1, 0.15) is 5.82 Å². The summed E-state index contributed by atoms with van der Waals surface area (Å²) in [6, 6.07) is 5.43. The van der Waals surface area contributed by atoms with Crippen molar-refractivity contribution in [2.45, 2.75) is 13.8 Å². The number of hydrogen-bond donors (Lipinski definition) is 3. The maximum Gasteiger partial charge on any atom is 0.324 e. The maximum absolute atomic E-state index is 13.3. The lowest BCUT2D eigenvalue weighted by atomic mass is 10.3. The first kappa shape index (κ1) is 12.1. The molecule has 6 heteroatoms. The Morgan fingerprint density at radius 3 is 2.61 bits per heavy atom. The van der Waals surface area contributed by atoms with Crippen molar-refractivity contribution in [3.05, 3.63) is 41.3 Å². The Balaban J connectivity index is 2.06. The number of aromatic amines is 1. The second kappa shape index (κ2) is 4.87. The molecule has 0 aliphatic carbocycles. The second-order valence-electron chi connectivity index (χ2n) is 3.88. The summed E-state index contributed by atoms with van der Waals surface area (Å²) >= 11 is 0. The third-order valence-corrected chi connectivity index (χ3v) is 2.61. The minimum Gasteiger partial charge on any atom is -0.305 e. The number of benzene rings is 1. The highest BCUT2D eigenvalue weighted by molar-refractivity contribution is 5.99. The summed E-state index contributed by atoms with van der Waals surface area (Å²) < 4.78 is 13.3. The molecule has 1 aromatic carbocycles. The Labute approximate surface area is 103 Å². The third kappa shape index (κ3) is 2.48. The molecule has 0 radical (unpaired) electrons. The van der Waals surface area contributed by atoms with E-state index < -0.39 is 11.8 Å². The Morgan fingerprint density at radius 2 is 2.00 bits per heavy atom. The van der Waals surface area contributed by atoms with Crippen molar-refractivity contribution in [3.63, 3.8) is 0 Å². The van der Waals surface area contributed by atoms with Gasteiger partial charge in [-0.1, -0.05) is 12.1 Å². The first-order valence-electron chi connectivity index (χ1n) is 5.42. The highest BCUT2D eigenvalue weighted by Crippen LogP contribution is 2.15. The summed E-state index contributed by atoms with van der Waals surface area (Å²) in [5.74, 6) is -0.0519. The normalized spacial score (nSPS) is 10.2. The summed E-state index contributed by atoms with van der Waals surface area (Å²) in [4.78, 5) is 11.7. The van der Waals surface area contributed by atoms with Crippen LogP contribution < -0.4 is 10.6 Å². The predicted octanol–water partition coefficient (Wildman–Crippen LogP) is 2.81. The monoisotopic (exact) mass is 248 g/mol. The van der Waals surface area contributed by atoms with Crippen LogP contribution in [0.15, 0.2) is 24.3 Å². The summed E-state index contributed by atoms with van der Waals surface area (Å²) in [7, 11) is 0.